The van der Waals surface area contributed by atoms with Gasteiger partial charge in [-0.1, -0.05) is 60.7 Å². The van der Waals surface area contributed by atoms with Crippen LogP contribution in [0, 0.1) is 0 Å². The number of carbonyl (C=O) groups excluding carboxylic acids is 6. The average Bonchev–Trinajstić information content (AvgIpc) is 3.13. The predicted octanol–water partition coefficient (Wildman–Crippen LogP) is -0.138. The Kier molecular flexibility index (Phi) is 20.9. The third-order valence-corrected chi connectivity index (χ3v) is 8.32. The van der Waals surface area contributed by atoms with Gasteiger partial charge in [-0.25, -0.2) is 0 Å². The van der Waals surface area contributed by atoms with Gasteiger partial charge in [0.25, 0.3) is 0 Å². The molecule has 286 valence electrons. The average molecular weight is 724 g/mol. The van der Waals surface area contributed by atoms with Gasteiger partial charge in [0.2, 0.25) is 35.9 Å². The van der Waals surface area contributed by atoms with Crippen LogP contribution < -0.4 is 22.9 Å². The minimum absolute atomic E-state index is 0.0716. The molecule has 0 atom stereocenters. The summed E-state index contributed by atoms with van der Waals surface area (Å²) in [5, 5.41) is 0. The molecule has 0 unspecified atom stereocenters. The lowest BCUT2D eigenvalue weighted by Gasteiger charge is -2.31. The first-order valence-electron chi connectivity index (χ1n) is 17.9. The van der Waals surface area contributed by atoms with E-state index in [2.05, 4.69) is 0 Å². The normalized spacial score (nSPS) is 10.7. The molecule has 0 aliphatic carbocycles. The fourth-order valence-corrected chi connectivity index (χ4v) is 5.43. The number of hydrogen-bond acceptors (Lipinski definition) is 9. The molecule has 6 amide bonds. The smallest absolute Gasteiger partial charge is 0.242 e. The maximum atomic E-state index is 14.0. The van der Waals surface area contributed by atoms with E-state index in [1.165, 1.54) is 24.5 Å². The number of unbranched alkanes of at least 4 members (excludes halogenated alkanes) is 3. The Balaban J connectivity index is 2.33. The van der Waals surface area contributed by atoms with Crippen LogP contribution in [0.25, 0.3) is 0 Å². The molecule has 0 aliphatic rings. The SMILES string of the molecule is NCCCCN(C=O)CC(=O)N(CCCCN)CC(=O)N(CC(=O)N(CCCCN)CC(=O)N(CC(N)=O)Cc1ccccc1)Cc1ccccc1. The first-order chi connectivity index (χ1) is 25.1. The highest BCUT2D eigenvalue weighted by Crippen LogP contribution is 2.11. The monoisotopic (exact) mass is 723 g/mol. The molecule has 15 heteroatoms. The second-order valence-corrected chi connectivity index (χ2v) is 12.6. The number of amides is 6. The van der Waals surface area contributed by atoms with Crippen molar-refractivity contribution in [2.24, 2.45) is 22.9 Å². The van der Waals surface area contributed by atoms with E-state index in [0.717, 1.165) is 11.1 Å². The van der Waals surface area contributed by atoms with Crippen LogP contribution in [0.2, 0.25) is 0 Å². The van der Waals surface area contributed by atoms with E-state index in [1.54, 1.807) is 0 Å². The van der Waals surface area contributed by atoms with Crippen molar-refractivity contribution >= 4 is 35.9 Å². The Morgan fingerprint density at radius 2 is 0.846 bits per heavy atom. The Morgan fingerprint density at radius 1 is 0.481 bits per heavy atom. The van der Waals surface area contributed by atoms with Gasteiger partial charge in [0.1, 0.15) is 6.54 Å². The number of carbonyl (C=O) groups is 6. The fraction of sp³-hybridized carbons (Fsp3) is 0.514. The Morgan fingerprint density at radius 3 is 1.25 bits per heavy atom. The summed E-state index contributed by atoms with van der Waals surface area (Å²) in [6.45, 7) is 0.662. The van der Waals surface area contributed by atoms with E-state index in [-0.39, 0.29) is 58.9 Å². The molecule has 0 heterocycles. The second-order valence-electron chi connectivity index (χ2n) is 12.6. The fourth-order valence-electron chi connectivity index (χ4n) is 5.43. The molecule has 2 aromatic rings. The highest BCUT2D eigenvalue weighted by Gasteiger charge is 2.28. The third-order valence-electron chi connectivity index (χ3n) is 8.32. The number of benzene rings is 2. The molecule has 8 N–H and O–H groups in total. The molecule has 0 radical (unpaired) electrons. The van der Waals surface area contributed by atoms with E-state index in [4.69, 9.17) is 22.9 Å². The maximum absolute atomic E-state index is 14.0. The van der Waals surface area contributed by atoms with Gasteiger partial charge < -0.3 is 47.4 Å². The summed E-state index contributed by atoms with van der Waals surface area (Å²) in [6.07, 6.45) is 4.23. The van der Waals surface area contributed by atoms with Crippen molar-refractivity contribution in [3.8, 4) is 0 Å². The van der Waals surface area contributed by atoms with Gasteiger partial charge in [-0.05, 0) is 69.3 Å². The van der Waals surface area contributed by atoms with Gasteiger partial charge in [-0.15, -0.1) is 0 Å². The summed E-state index contributed by atoms with van der Waals surface area (Å²) in [5.74, 6) is -2.54. The van der Waals surface area contributed by atoms with Crippen molar-refractivity contribution < 1.29 is 28.8 Å². The molecule has 0 bridgehead atoms. The van der Waals surface area contributed by atoms with Gasteiger partial charge in [-0.2, -0.15) is 0 Å². The van der Waals surface area contributed by atoms with E-state index in [9.17, 15) is 28.8 Å². The Labute approximate surface area is 307 Å². The highest BCUT2D eigenvalue weighted by molar-refractivity contribution is 5.91. The summed E-state index contributed by atoms with van der Waals surface area (Å²) in [6, 6.07) is 18.2. The molecule has 0 aliphatic heterocycles. The standard InChI is InChI=1S/C37H57N9O6/c38-17-7-10-20-42(30-47)26-34(49)43(21-11-8-18-39)28-37(52)46(24-32-15-5-2-6-16-32)29-35(50)44(22-12-9-19-40)27-36(51)45(25-33(41)48)23-31-13-3-1-4-14-31/h1-6,13-16,30H,7-12,17-29,38-40H2,(H2,41,48). The van der Waals surface area contributed by atoms with Gasteiger partial charge in [0.05, 0.1) is 26.2 Å². The maximum Gasteiger partial charge on any atom is 0.242 e. The number of primary amides is 1. The molecule has 15 nitrogen and oxygen atoms in total. The number of nitrogens with zero attached hydrogens (tertiary/aromatic N) is 5. The minimum Gasteiger partial charge on any atom is -0.368 e. The van der Waals surface area contributed by atoms with Gasteiger partial charge in [0.15, 0.2) is 0 Å². The molecule has 2 aromatic carbocycles. The zero-order valence-corrected chi connectivity index (χ0v) is 30.3. The quantitative estimate of drug-likeness (QED) is 0.0711. The molecular weight excluding hydrogens is 666 g/mol. The first kappa shape index (κ1) is 43.3. The van der Waals surface area contributed by atoms with E-state index in [0.29, 0.717) is 71.1 Å². The zero-order chi connectivity index (χ0) is 38.1. The predicted molar refractivity (Wildman–Crippen MR) is 199 cm³/mol. The van der Waals surface area contributed by atoms with Crippen molar-refractivity contribution in [3.05, 3.63) is 71.8 Å². The molecule has 0 aromatic heterocycles. The summed E-state index contributed by atoms with van der Waals surface area (Å²) in [4.78, 5) is 85.6. The summed E-state index contributed by atoms with van der Waals surface area (Å²) in [7, 11) is 0. The minimum atomic E-state index is -0.692. The van der Waals surface area contributed by atoms with E-state index >= 15 is 0 Å². The topological polar surface area (TPSA) is 223 Å². The van der Waals surface area contributed by atoms with Crippen LogP contribution in [0.3, 0.4) is 0 Å². The first-order valence-corrected chi connectivity index (χ1v) is 17.9. The lowest BCUT2D eigenvalue weighted by atomic mass is 10.2. The number of rotatable bonds is 27. The molecule has 52 heavy (non-hydrogen) atoms. The van der Waals surface area contributed by atoms with Crippen molar-refractivity contribution in [1.82, 2.24) is 24.5 Å². The van der Waals surface area contributed by atoms with E-state index < -0.39 is 29.5 Å². The van der Waals surface area contributed by atoms with Crippen LogP contribution >= 0.6 is 0 Å². The molecule has 0 fully saturated rings. The third kappa shape index (κ3) is 16.9. The molecule has 0 saturated heterocycles. The molecule has 2 rings (SSSR count). The van der Waals surface area contributed by atoms with Crippen LogP contribution in [-0.2, 0) is 41.9 Å². The van der Waals surface area contributed by atoms with Crippen molar-refractivity contribution in [2.75, 3.05) is 72.0 Å². The lowest BCUT2D eigenvalue weighted by molar-refractivity contribution is -0.147. The second kappa shape index (κ2) is 25.2. The Bertz CT molecular complexity index is 1380. The summed E-state index contributed by atoms with van der Waals surface area (Å²) < 4.78 is 0. The van der Waals surface area contributed by atoms with Crippen molar-refractivity contribution in [3.63, 3.8) is 0 Å². The Hall–Kier alpha value is -4.86. The molecular formula is C37H57N9O6. The highest BCUT2D eigenvalue weighted by atomic mass is 16.2. The van der Waals surface area contributed by atoms with E-state index in [1.807, 2.05) is 60.7 Å². The number of hydrogen-bond donors (Lipinski definition) is 4. The van der Waals surface area contributed by atoms with Gasteiger partial charge in [0, 0.05) is 32.7 Å². The van der Waals surface area contributed by atoms with Gasteiger partial charge in [-0.3, -0.25) is 28.8 Å². The van der Waals surface area contributed by atoms with Crippen LogP contribution in [0.4, 0.5) is 0 Å². The lowest BCUT2D eigenvalue weighted by Crippen LogP contribution is -2.51. The van der Waals surface area contributed by atoms with Crippen LogP contribution in [0.1, 0.15) is 49.7 Å². The zero-order valence-electron chi connectivity index (χ0n) is 30.3. The molecule has 0 spiro atoms. The van der Waals surface area contributed by atoms with Crippen LogP contribution in [-0.4, -0.2) is 132 Å². The van der Waals surface area contributed by atoms with Crippen molar-refractivity contribution in [2.45, 2.75) is 51.6 Å². The van der Waals surface area contributed by atoms with Gasteiger partial charge >= 0.3 is 0 Å². The van der Waals surface area contributed by atoms with Crippen LogP contribution in [0.5, 0.6) is 0 Å². The summed E-state index contributed by atoms with van der Waals surface area (Å²) >= 11 is 0. The molecule has 0 saturated carbocycles. The number of nitrogens with two attached hydrogens (primary N) is 4. The van der Waals surface area contributed by atoms with Crippen LogP contribution in [0.15, 0.2) is 60.7 Å². The largest absolute Gasteiger partial charge is 0.368 e. The summed E-state index contributed by atoms with van der Waals surface area (Å²) in [5.41, 5.74) is 24.0. The van der Waals surface area contributed by atoms with Crippen molar-refractivity contribution in [1.29, 1.82) is 0 Å².